The van der Waals surface area contributed by atoms with Gasteiger partial charge in [-0.1, -0.05) is 12.1 Å². The minimum Gasteiger partial charge on any atom is -0.378 e. The molecule has 0 spiro atoms. The molecule has 1 aromatic rings. The zero-order valence-corrected chi connectivity index (χ0v) is 13.0. The third kappa shape index (κ3) is 3.07. The van der Waals surface area contributed by atoms with Gasteiger partial charge in [0.2, 0.25) is 5.91 Å². The van der Waals surface area contributed by atoms with E-state index in [2.05, 4.69) is 5.32 Å². The van der Waals surface area contributed by atoms with Crippen molar-refractivity contribution in [2.24, 2.45) is 0 Å². The second-order valence-corrected chi connectivity index (χ2v) is 6.04. The lowest BCUT2D eigenvalue weighted by molar-refractivity contribution is -0.384. The molecule has 0 aliphatic carbocycles. The summed E-state index contributed by atoms with van der Waals surface area (Å²) in [6.07, 6.45) is 1.42. The summed E-state index contributed by atoms with van der Waals surface area (Å²) in [7, 11) is 0. The van der Waals surface area contributed by atoms with Crippen LogP contribution in [0, 0.1) is 10.1 Å². The quantitative estimate of drug-likeness (QED) is 0.665. The van der Waals surface area contributed by atoms with Crippen LogP contribution in [0.15, 0.2) is 24.3 Å². The number of nitrogens with zero attached hydrogens (tertiary/aromatic N) is 2. The van der Waals surface area contributed by atoms with E-state index in [0.29, 0.717) is 39.1 Å². The summed E-state index contributed by atoms with van der Waals surface area (Å²) in [5.41, 5.74) is 0.343. The maximum absolute atomic E-state index is 13.2. The van der Waals surface area contributed by atoms with Crippen molar-refractivity contribution >= 4 is 11.6 Å². The van der Waals surface area contributed by atoms with Gasteiger partial charge in [0.1, 0.15) is 0 Å². The molecular formula is C16H21N3O4. The minimum absolute atomic E-state index is 0.0525. The Balaban J connectivity index is 1.92. The van der Waals surface area contributed by atoms with Gasteiger partial charge in [-0.05, 0) is 31.5 Å². The van der Waals surface area contributed by atoms with Crippen molar-refractivity contribution in [2.75, 3.05) is 39.4 Å². The largest absolute Gasteiger partial charge is 0.378 e. The SMILES string of the molecule is O=C(N1CCOCC1)C1(c2ccc([N+](=O)[O-])cc2)CCNCC1. The van der Waals surface area contributed by atoms with E-state index in [1.807, 2.05) is 4.90 Å². The molecule has 7 heteroatoms. The van der Waals surface area contributed by atoms with Gasteiger partial charge in [-0.15, -0.1) is 0 Å². The summed E-state index contributed by atoms with van der Waals surface area (Å²) >= 11 is 0. The third-order valence-corrected chi connectivity index (χ3v) is 4.80. The average molecular weight is 319 g/mol. The highest BCUT2D eigenvalue weighted by Gasteiger charge is 2.43. The summed E-state index contributed by atoms with van der Waals surface area (Å²) in [6.45, 7) is 3.91. The van der Waals surface area contributed by atoms with Crippen LogP contribution in [-0.2, 0) is 14.9 Å². The van der Waals surface area contributed by atoms with Crippen molar-refractivity contribution < 1.29 is 14.5 Å². The van der Waals surface area contributed by atoms with Crippen LogP contribution in [0.1, 0.15) is 18.4 Å². The molecule has 2 fully saturated rings. The van der Waals surface area contributed by atoms with Crippen molar-refractivity contribution in [3.05, 3.63) is 39.9 Å². The zero-order chi connectivity index (χ0) is 16.3. The fourth-order valence-electron chi connectivity index (χ4n) is 3.45. The standard InChI is InChI=1S/C16H21N3O4/c20-15(18-9-11-23-12-10-18)16(5-7-17-8-6-16)13-1-3-14(4-2-13)19(21)22/h1-4,17H,5-12H2. The lowest BCUT2D eigenvalue weighted by atomic mass is 9.72. The molecule has 2 aliphatic heterocycles. The molecule has 124 valence electrons. The molecule has 0 radical (unpaired) electrons. The van der Waals surface area contributed by atoms with Crippen LogP contribution in [0.3, 0.4) is 0 Å². The van der Waals surface area contributed by atoms with E-state index in [-0.39, 0.29) is 11.6 Å². The monoisotopic (exact) mass is 319 g/mol. The normalized spacial score (nSPS) is 21.0. The molecule has 0 unspecified atom stereocenters. The number of nitrogens with one attached hydrogen (secondary N) is 1. The Morgan fingerprint density at radius 3 is 2.35 bits per heavy atom. The van der Waals surface area contributed by atoms with Gasteiger partial charge in [-0.2, -0.15) is 0 Å². The number of piperidine rings is 1. The van der Waals surface area contributed by atoms with E-state index in [9.17, 15) is 14.9 Å². The van der Waals surface area contributed by atoms with Gasteiger partial charge in [0.25, 0.3) is 5.69 Å². The Bertz CT molecular complexity index is 575. The predicted octanol–water partition coefficient (Wildman–Crippen LogP) is 1.07. The number of nitro groups is 1. The van der Waals surface area contributed by atoms with Crippen molar-refractivity contribution in [2.45, 2.75) is 18.3 Å². The topological polar surface area (TPSA) is 84.7 Å². The number of morpholine rings is 1. The van der Waals surface area contributed by atoms with E-state index in [1.165, 1.54) is 12.1 Å². The summed E-state index contributed by atoms with van der Waals surface area (Å²) in [4.78, 5) is 25.5. The fourth-order valence-corrected chi connectivity index (χ4v) is 3.45. The predicted molar refractivity (Wildman–Crippen MR) is 84.3 cm³/mol. The average Bonchev–Trinajstić information content (AvgIpc) is 2.62. The van der Waals surface area contributed by atoms with Gasteiger partial charge in [0, 0.05) is 25.2 Å². The molecule has 0 bridgehead atoms. The van der Waals surface area contributed by atoms with Crippen LogP contribution in [0.2, 0.25) is 0 Å². The fraction of sp³-hybridized carbons (Fsp3) is 0.562. The van der Waals surface area contributed by atoms with Crippen LogP contribution in [0.25, 0.3) is 0 Å². The summed E-state index contributed by atoms with van der Waals surface area (Å²) in [6, 6.07) is 6.46. The smallest absolute Gasteiger partial charge is 0.269 e. The Hall–Kier alpha value is -1.99. The summed E-state index contributed by atoms with van der Waals surface area (Å²) < 4.78 is 5.34. The number of non-ortho nitro benzene ring substituents is 1. The minimum atomic E-state index is -0.586. The third-order valence-electron chi connectivity index (χ3n) is 4.80. The number of hydrogen-bond acceptors (Lipinski definition) is 5. The Kier molecular flexibility index (Phi) is 4.58. The van der Waals surface area contributed by atoms with Gasteiger partial charge in [0.05, 0.1) is 23.6 Å². The number of ether oxygens (including phenoxy) is 1. The molecule has 2 aliphatic rings. The number of hydrogen-bond donors (Lipinski definition) is 1. The van der Waals surface area contributed by atoms with Crippen LogP contribution >= 0.6 is 0 Å². The lowest BCUT2D eigenvalue weighted by Crippen LogP contribution is -2.54. The molecule has 1 amide bonds. The molecular weight excluding hydrogens is 298 g/mol. The Labute approximate surface area is 134 Å². The molecule has 7 nitrogen and oxygen atoms in total. The highest BCUT2D eigenvalue weighted by atomic mass is 16.6. The van der Waals surface area contributed by atoms with E-state index >= 15 is 0 Å². The first-order chi connectivity index (χ1) is 11.1. The van der Waals surface area contributed by atoms with Gasteiger partial charge in [0.15, 0.2) is 0 Å². The van der Waals surface area contributed by atoms with E-state index in [4.69, 9.17) is 4.74 Å². The lowest BCUT2D eigenvalue weighted by Gasteiger charge is -2.41. The molecule has 2 heterocycles. The highest BCUT2D eigenvalue weighted by Crippen LogP contribution is 2.36. The number of carbonyl (C=O) groups is 1. The zero-order valence-electron chi connectivity index (χ0n) is 13.0. The van der Waals surface area contributed by atoms with Gasteiger partial charge in [-0.3, -0.25) is 14.9 Å². The van der Waals surface area contributed by atoms with Crippen LogP contribution in [0.4, 0.5) is 5.69 Å². The summed E-state index contributed by atoms with van der Waals surface area (Å²) in [5.74, 6) is 0.121. The van der Waals surface area contributed by atoms with E-state index < -0.39 is 10.3 Å². The molecule has 23 heavy (non-hydrogen) atoms. The van der Waals surface area contributed by atoms with E-state index in [1.54, 1.807) is 12.1 Å². The molecule has 0 saturated carbocycles. The number of carbonyl (C=O) groups excluding carboxylic acids is 1. The van der Waals surface area contributed by atoms with Crippen LogP contribution in [-0.4, -0.2) is 55.1 Å². The molecule has 3 rings (SSSR count). The number of benzene rings is 1. The molecule has 2 saturated heterocycles. The first kappa shape index (κ1) is 15.9. The highest BCUT2D eigenvalue weighted by molar-refractivity contribution is 5.88. The maximum Gasteiger partial charge on any atom is 0.269 e. The first-order valence-electron chi connectivity index (χ1n) is 7.96. The first-order valence-corrected chi connectivity index (χ1v) is 7.96. The van der Waals surface area contributed by atoms with Gasteiger partial charge in [-0.25, -0.2) is 0 Å². The second kappa shape index (κ2) is 6.64. The van der Waals surface area contributed by atoms with Crippen molar-refractivity contribution in [3.8, 4) is 0 Å². The number of nitro benzene ring substituents is 1. The number of rotatable bonds is 3. The summed E-state index contributed by atoms with van der Waals surface area (Å²) in [5, 5.41) is 14.1. The van der Waals surface area contributed by atoms with Crippen molar-refractivity contribution in [1.29, 1.82) is 0 Å². The van der Waals surface area contributed by atoms with Crippen molar-refractivity contribution in [3.63, 3.8) is 0 Å². The molecule has 1 aromatic carbocycles. The van der Waals surface area contributed by atoms with Crippen molar-refractivity contribution in [1.82, 2.24) is 10.2 Å². The Morgan fingerprint density at radius 2 is 1.78 bits per heavy atom. The van der Waals surface area contributed by atoms with Gasteiger partial charge >= 0.3 is 0 Å². The van der Waals surface area contributed by atoms with Crippen LogP contribution < -0.4 is 5.32 Å². The molecule has 1 N–H and O–H groups in total. The van der Waals surface area contributed by atoms with E-state index in [0.717, 1.165) is 18.7 Å². The maximum atomic E-state index is 13.2. The van der Waals surface area contributed by atoms with Gasteiger partial charge < -0.3 is 15.0 Å². The molecule has 0 aromatic heterocycles. The Morgan fingerprint density at radius 1 is 1.17 bits per heavy atom. The van der Waals surface area contributed by atoms with Crippen LogP contribution in [0.5, 0.6) is 0 Å². The number of amides is 1. The second-order valence-electron chi connectivity index (χ2n) is 6.04. The molecule has 0 atom stereocenters.